The smallest absolute Gasteiger partial charge is 0.194 e. The summed E-state index contributed by atoms with van der Waals surface area (Å²) in [5.41, 5.74) is 0.879. The first-order valence-electron chi connectivity index (χ1n) is 10.7. The highest BCUT2D eigenvalue weighted by atomic mass is 16.3. The van der Waals surface area contributed by atoms with Crippen LogP contribution in [-0.4, -0.2) is 63.5 Å². The van der Waals surface area contributed by atoms with E-state index in [2.05, 4.69) is 36.8 Å². The minimum absolute atomic E-state index is 0.321. The number of aromatic hydroxyl groups is 1. The topological polar surface area (TPSA) is 95.0 Å². The summed E-state index contributed by atoms with van der Waals surface area (Å²) in [5, 5.41) is 21.8. The molecule has 31 heavy (non-hydrogen) atoms. The second kappa shape index (κ2) is 10.0. The standard InChI is InChI=1S/C22H29N7O2/c1-2-21-26-25-17-29(21)10-9-23-22(24-16-18-6-5-15-31-18)28-13-11-27(12-14-28)19-7-3-4-8-20(19)30/h3-8,15,17,30H,2,9-14,16H2,1H3,(H,23,24). The average Bonchev–Trinajstić information content (AvgIpc) is 3.48. The third-order valence-electron chi connectivity index (χ3n) is 5.41. The minimum atomic E-state index is 0.321. The van der Waals surface area contributed by atoms with E-state index in [0.717, 1.165) is 68.9 Å². The van der Waals surface area contributed by atoms with Crippen molar-refractivity contribution in [3.05, 3.63) is 60.6 Å². The van der Waals surface area contributed by atoms with Gasteiger partial charge in [-0.05, 0) is 24.3 Å². The van der Waals surface area contributed by atoms with Crippen molar-refractivity contribution < 1.29 is 9.52 Å². The van der Waals surface area contributed by atoms with Crippen molar-refractivity contribution in [2.75, 3.05) is 37.6 Å². The number of hydrogen-bond donors (Lipinski definition) is 2. The van der Waals surface area contributed by atoms with Crippen LogP contribution in [0.5, 0.6) is 5.75 Å². The van der Waals surface area contributed by atoms with E-state index >= 15 is 0 Å². The number of phenols is 1. The van der Waals surface area contributed by atoms with Crippen molar-refractivity contribution in [3.8, 4) is 5.75 Å². The summed E-state index contributed by atoms with van der Waals surface area (Å²) >= 11 is 0. The maximum absolute atomic E-state index is 10.2. The maximum atomic E-state index is 10.2. The highest BCUT2D eigenvalue weighted by Gasteiger charge is 2.21. The van der Waals surface area contributed by atoms with Crippen LogP contribution in [0, 0.1) is 0 Å². The molecule has 1 aliphatic heterocycles. The van der Waals surface area contributed by atoms with Gasteiger partial charge in [0.25, 0.3) is 0 Å². The average molecular weight is 424 g/mol. The highest BCUT2D eigenvalue weighted by Crippen LogP contribution is 2.27. The molecule has 1 aliphatic rings. The number of benzene rings is 1. The van der Waals surface area contributed by atoms with E-state index in [1.54, 1.807) is 18.7 Å². The Bertz CT molecular complexity index is 975. The number of aryl methyl sites for hydroxylation is 1. The second-order valence-corrected chi connectivity index (χ2v) is 7.40. The van der Waals surface area contributed by atoms with E-state index in [4.69, 9.17) is 9.41 Å². The first-order chi connectivity index (χ1) is 15.2. The predicted molar refractivity (Wildman–Crippen MR) is 119 cm³/mol. The number of guanidine groups is 1. The Morgan fingerprint density at radius 2 is 2.00 bits per heavy atom. The van der Waals surface area contributed by atoms with Gasteiger partial charge in [0.05, 0.1) is 12.0 Å². The molecule has 0 radical (unpaired) electrons. The third-order valence-corrected chi connectivity index (χ3v) is 5.41. The largest absolute Gasteiger partial charge is 0.506 e. The van der Waals surface area contributed by atoms with Crippen molar-refractivity contribution in [1.29, 1.82) is 0 Å². The van der Waals surface area contributed by atoms with Crippen LogP contribution < -0.4 is 10.2 Å². The van der Waals surface area contributed by atoms with Crippen LogP contribution >= 0.6 is 0 Å². The quantitative estimate of drug-likeness (QED) is 0.444. The number of hydrogen-bond acceptors (Lipinski definition) is 6. The number of aromatic nitrogens is 3. The lowest BCUT2D eigenvalue weighted by molar-refractivity contribution is 0.367. The van der Waals surface area contributed by atoms with Crippen molar-refractivity contribution in [2.24, 2.45) is 4.99 Å². The lowest BCUT2D eigenvalue weighted by Gasteiger charge is -2.38. The summed E-state index contributed by atoms with van der Waals surface area (Å²) in [6, 6.07) is 11.3. The minimum Gasteiger partial charge on any atom is -0.506 e. The molecule has 3 aromatic rings. The lowest BCUT2D eigenvalue weighted by atomic mass is 10.2. The van der Waals surface area contributed by atoms with Crippen LogP contribution in [0.4, 0.5) is 5.69 Å². The van der Waals surface area contributed by atoms with Gasteiger partial charge in [-0.3, -0.25) is 0 Å². The molecule has 0 saturated carbocycles. The molecule has 164 valence electrons. The van der Waals surface area contributed by atoms with Gasteiger partial charge in [0.1, 0.15) is 30.2 Å². The van der Waals surface area contributed by atoms with E-state index < -0.39 is 0 Å². The molecule has 4 rings (SSSR count). The van der Waals surface area contributed by atoms with Gasteiger partial charge in [-0.15, -0.1) is 10.2 Å². The second-order valence-electron chi connectivity index (χ2n) is 7.40. The SMILES string of the molecule is CCc1nncn1CCNC(=NCc1ccco1)N1CCN(c2ccccc2O)CC1. The number of nitrogens with one attached hydrogen (secondary N) is 1. The molecule has 3 heterocycles. The number of rotatable bonds is 7. The number of anilines is 1. The van der Waals surface area contributed by atoms with E-state index in [1.807, 2.05) is 30.3 Å². The van der Waals surface area contributed by atoms with Crippen LogP contribution in [0.25, 0.3) is 0 Å². The Hall–Kier alpha value is -3.49. The van der Waals surface area contributed by atoms with E-state index in [0.29, 0.717) is 12.3 Å². The number of phenolic OH excluding ortho intramolecular Hbond substituents is 1. The summed E-state index contributed by atoms with van der Waals surface area (Å²) in [4.78, 5) is 9.26. The van der Waals surface area contributed by atoms with Gasteiger partial charge in [-0.25, -0.2) is 4.99 Å². The number of nitrogens with zero attached hydrogens (tertiary/aromatic N) is 6. The molecule has 0 aliphatic carbocycles. The van der Waals surface area contributed by atoms with Gasteiger partial charge >= 0.3 is 0 Å². The zero-order valence-electron chi connectivity index (χ0n) is 17.8. The Morgan fingerprint density at radius 1 is 1.16 bits per heavy atom. The third kappa shape index (κ3) is 5.17. The first-order valence-corrected chi connectivity index (χ1v) is 10.7. The molecule has 0 spiro atoms. The van der Waals surface area contributed by atoms with Gasteiger partial charge in [-0.2, -0.15) is 0 Å². The van der Waals surface area contributed by atoms with Crippen LogP contribution in [0.15, 0.2) is 58.4 Å². The maximum Gasteiger partial charge on any atom is 0.194 e. The molecular weight excluding hydrogens is 394 g/mol. The highest BCUT2D eigenvalue weighted by molar-refractivity contribution is 5.80. The molecule has 0 unspecified atom stereocenters. The molecule has 2 N–H and O–H groups in total. The summed E-state index contributed by atoms with van der Waals surface area (Å²) in [6.07, 6.45) is 4.29. The summed E-state index contributed by atoms with van der Waals surface area (Å²) in [6.45, 7) is 7.30. The predicted octanol–water partition coefficient (Wildman–Crippen LogP) is 2.11. The molecule has 0 amide bonds. The molecular formula is C22H29N7O2. The van der Waals surface area contributed by atoms with E-state index in [1.165, 1.54) is 0 Å². The molecule has 0 atom stereocenters. The molecule has 9 nitrogen and oxygen atoms in total. The lowest BCUT2D eigenvalue weighted by Crippen LogP contribution is -2.53. The zero-order valence-corrected chi connectivity index (χ0v) is 17.8. The normalized spacial score (nSPS) is 14.8. The molecule has 1 fully saturated rings. The Morgan fingerprint density at radius 3 is 2.74 bits per heavy atom. The Labute approximate surface area is 182 Å². The van der Waals surface area contributed by atoms with Crippen LogP contribution in [0.1, 0.15) is 18.5 Å². The number of aliphatic imine (C=N–C) groups is 1. The van der Waals surface area contributed by atoms with Crippen molar-refractivity contribution in [3.63, 3.8) is 0 Å². The van der Waals surface area contributed by atoms with Crippen molar-refractivity contribution in [2.45, 2.75) is 26.4 Å². The van der Waals surface area contributed by atoms with Gasteiger partial charge < -0.3 is 29.2 Å². The molecule has 9 heteroatoms. The van der Waals surface area contributed by atoms with Crippen LogP contribution in [0.2, 0.25) is 0 Å². The zero-order chi connectivity index (χ0) is 21.5. The Kier molecular flexibility index (Phi) is 6.71. The molecule has 0 bridgehead atoms. The fraction of sp³-hybridized carbons (Fsp3) is 0.409. The first kappa shape index (κ1) is 20.8. The summed E-state index contributed by atoms with van der Waals surface area (Å²) in [7, 11) is 0. The molecule has 2 aromatic heterocycles. The van der Waals surface area contributed by atoms with E-state index in [9.17, 15) is 5.11 Å². The van der Waals surface area contributed by atoms with Crippen LogP contribution in [0.3, 0.4) is 0 Å². The Balaban J connectivity index is 1.39. The number of furan rings is 1. The van der Waals surface area contributed by atoms with Gasteiger partial charge in [0.2, 0.25) is 0 Å². The fourth-order valence-corrected chi connectivity index (χ4v) is 3.74. The van der Waals surface area contributed by atoms with Crippen molar-refractivity contribution in [1.82, 2.24) is 25.0 Å². The molecule has 1 saturated heterocycles. The van der Waals surface area contributed by atoms with Gasteiger partial charge in [-0.1, -0.05) is 19.1 Å². The van der Waals surface area contributed by atoms with Crippen LogP contribution in [-0.2, 0) is 19.5 Å². The van der Waals surface area contributed by atoms with Crippen molar-refractivity contribution >= 4 is 11.6 Å². The number of para-hydroxylation sites is 2. The summed E-state index contributed by atoms with van der Waals surface area (Å²) in [5.74, 6) is 2.99. The summed E-state index contributed by atoms with van der Waals surface area (Å²) < 4.78 is 7.51. The van der Waals surface area contributed by atoms with E-state index in [-0.39, 0.29) is 0 Å². The number of piperazine rings is 1. The fourth-order valence-electron chi connectivity index (χ4n) is 3.74. The molecule has 1 aromatic carbocycles. The van der Waals surface area contributed by atoms with Gasteiger partial charge in [0, 0.05) is 45.7 Å². The monoisotopic (exact) mass is 423 g/mol. The van der Waals surface area contributed by atoms with Gasteiger partial charge in [0.15, 0.2) is 5.96 Å².